The van der Waals surface area contributed by atoms with E-state index in [4.69, 9.17) is 33.2 Å². The summed E-state index contributed by atoms with van der Waals surface area (Å²) in [5.41, 5.74) is 0. The lowest BCUT2D eigenvalue weighted by Gasteiger charge is -2.46. The van der Waals surface area contributed by atoms with E-state index in [2.05, 4.69) is 5.16 Å². The molecule has 0 spiro atoms. The van der Waals surface area contributed by atoms with Gasteiger partial charge in [-0.2, -0.15) is 0 Å². The Bertz CT molecular complexity index is 1230. The second-order valence-electron chi connectivity index (χ2n) is 16.3. The van der Waals surface area contributed by atoms with E-state index in [1.54, 1.807) is 53.6 Å². The number of oxime groups is 1. The van der Waals surface area contributed by atoms with Gasteiger partial charge in [0.05, 0.1) is 55.7 Å². The molecule has 0 aromatic heterocycles. The third kappa shape index (κ3) is 12.1. The quantitative estimate of drug-likeness (QED) is 0.0742. The van der Waals surface area contributed by atoms with Crippen molar-refractivity contribution in [3.63, 3.8) is 0 Å². The first-order valence-corrected chi connectivity index (χ1v) is 20.0. The number of hydrogen-bond donors (Lipinski definition) is 6. The number of aliphatic hydroxyl groups excluding tert-OH is 5. The maximum atomic E-state index is 13.7. The van der Waals surface area contributed by atoms with Gasteiger partial charge in [0.25, 0.3) is 0 Å². The van der Waals surface area contributed by atoms with E-state index in [0.29, 0.717) is 6.42 Å². The van der Waals surface area contributed by atoms with Crippen molar-refractivity contribution in [2.75, 3.05) is 34.9 Å². The molecule has 3 aliphatic heterocycles. The highest BCUT2D eigenvalue weighted by Gasteiger charge is 2.48. The predicted molar refractivity (Wildman–Crippen MR) is 202 cm³/mol. The Kier molecular flexibility index (Phi) is 19.5. The number of aliphatic hydroxyl groups is 5. The van der Waals surface area contributed by atoms with Gasteiger partial charge in [0.15, 0.2) is 12.6 Å². The van der Waals surface area contributed by atoms with E-state index in [0.717, 1.165) is 0 Å². The summed E-state index contributed by atoms with van der Waals surface area (Å²) in [5.74, 6) is -3.93. The molecule has 0 saturated carbocycles. The molecule has 3 heterocycles. The van der Waals surface area contributed by atoms with Gasteiger partial charge in [-0.3, -0.25) is 9.59 Å². The molecule has 3 saturated heterocycles. The smallest absolute Gasteiger partial charge is 0.308 e. The Balaban J connectivity index is 1.96. The lowest BCUT2D eigenvalue weighted by atomic mass is 9.78. The highest BCUT2D eigenvalue weighted by Crippen LogP contribution is 2.36. The van der Waals surface area contributed by atoms with Crippen LogP contribution in [-0.2, 0) is 42.7 Å². The second-order valence-corrected chi connectivity index (χ2v) is 16.3. The Hall–Kier alpha value is -1.87. The SMILES string of the molecule is CC[C@H]1OC(=O)C[C@@H](O)[C@H](C)[C@@H](O[C@@H]2O[C@H](C)[C@@H](O)[C@H](N(C)C)[C@H]2O)[C@@H](C/C=N\O)C[C@@H](C)C(=O)CCC(C)[C@@H](O)[C@@H]1CO[C@@H]1O[C@H](C)[C@@H](O)[C@@H](OC)[C@H]1OC. The topological polar surface area (TPSA) is 236 Å². The average Bonchev–Trinajstić information content (AvgIpc) is 3.15. The van der Waals surface area contributed by atoms with E-state index < -0.39 is 128 Å². The van der Waals surface area contributed by atoms with Gasteiger partial charge >= 0.3 is 5.97 Å². The van der Waals surface area contributed by atoms with Crippen molar-refractivity contribution >= 4 is 18.0 Å². The molecular weight excluding hydrogens is 736 g/mol. The summed E-state index contributed by atoms with van der Waals surface area (Å²) in [6, 6.07) is -0.746. The first-order valence-electron chi connectivity index (χ1n) is 20.0. The maximum Gasteiger partial charge on any atom is 0.308 e. The second kappa shape index (κ2) is 22.5. The molecular formula is C39H70N2O15. The maximum absolute atomic E-state index is 13.7. The van der Waals surface area contributed by atoms with Crippen LogP contribution in [0.25, 0.3) is 0 Å². The Morgan fingerprint density at radius 3 is 2.07 bits per heavy atom. The zero-order valence-electron chi connectivity index (χ0n) is 34.7. The molecule has 17 nitrogen and oxygen atoms in total. The molecule has 0 aromatic rings. The largest absolute Gasteiger partial charge is 0.462 e. The molecule has 17 heteroatoms. The van der Waals surface area contributed by atoms with Gasteiger partial charge in [-0.15, -0.1) is 5.16 Å². The van der Waals surface area contributed by atoms with Gasteiger partial charge in [0, 0.05) is 44.6 Å². The van der Waals surface area contributed by atoms with Gasteiger partial charge in [-0.25, -0.2) is 0 Å². The van der Waals surface area contributed by atoms with Crippen molar-refractivity contribution in [1.82, 2.24) is 4.90 Å². The lowest BCUT2D eigenvalue weighted by molar-refractivity contribution is -0.306. The first-order chi connectivity index (χ1) is 26.4. The first kappa shape index (κ1) is 48.5. The van der Waals surface area contributed by atoms with Crippen LogP contribution >= 0.6 is 0 Å². The molecule has 0 amide bonds. The third-order valence-corrected chi connectivity index (χ3v) is 12.1. The molecule has 0 bridgehead atoms. The van der Waals surface area contributed by atoms with Crippen LogP contribution in [0.3, 0.4) is 0 Å². The molecule has 0 aliphatic carbocycles. The molecule has 3 aliphatic rings. The molecule has 3 fully saturated rings. The molecule has 56 heavy (non-hydrogen) atoms. The fourth-order valence-corrected chi connectivity index (χ4v) is 8.43. The number of likely N-dealkylation sites (N-methyl/N-ethyl adjacent to an activating group) is 1. The van der Waals surface area contributed by atoms with Crippen LogP contribution in [0.4, 0.5) is 0 Å². The number of methoxy groups -OCH3 is 2. The molecule has 0 aromatic carbocycles. The van der Waals surface area contributed by atoms with Crippen molar-refractivity contribution in [2.45, 2.75) is 166 Å². The zero-order valence-corrected chi connectivity index (χ0v) is 34.7. The monoisotopic (exact) mass is 806 g/mol. The van der Waals surface area contributed by atoms with Gasteiger partial charge < -0.3 is 68.8 Å². The van der Waals surface area contributed by atoms with Crippen LogP contribution in [-0.4, -0.2) is 174 Å². The zero-order chi connectivity index (χ0) is 42.0. The summed E-state index contributed by atoms with van der Waals surface area (Å²) in [6.07, 6.45) is -10.8. The average molecular weight is 807 g/mol. The van der Waals surface area contributed by atoms with Gasteiger partial charge in [-0.1, -0.05) is 27.7 Å². The summed E-state index contributed by atoms with van der Waals surface area (Å²) >= 11 is 0. The summed E-state index contributed by atoms with van der Waals surface area (Å²) in [7, 11) is 6.32. The highest BCUT2D eigenvalue weighted by molar-refractivity contribution is 5.80. The van der Waals surface area contributed by atoms with E-state index in [-0.39, 0.29) is 38.1 Å². The van der Waals surface area contributed by atoms with Crippen LogP contribution in [0, 0.1) is 29.6 Å². The molecule has 0 radical (unpaired) electrons. The number of hydrogen-bond acceptors (Lipinski definition) is 17. The summed E-state index contributed by atoms with van der Waals surface area (Å²) in [6.45, 7) is 10.3. The number of ether oxygens (including phenoxy) is 7. The summed E-state index contributed by atoms with van der Waals surface area (Å²) < 4.78 is 41.7. The minimum absolute atomic E-state index is 0.0737. The van der Waals surface area contributed by atoms with Crippen LogP contribution in [0.1, 0.15) is 80.1 Å². The Morgan fingerprint density at radius 2 is 1.48 bits per heavy atom. The van der Waals surface area contributed by atoms with Crippen LogP contribution in [0.2, 0.25) is 0 Å². The number of carbonyl (C=O) groups is 2. The van der Waals surface area contributed by atoms with Crippen molar-refractivity contribution in [3.8, 4) is 0 Å². The molecule has 1 unspecified atom stereocenters. The molecule has 19 atom stereocenters. The molecule has 3 rings (SSSR count). The van der Waals surface area contributed by atoms with Crippen molar-refractivity contribution < 1.29 is 73.5 Å². The fourth-order valence-electron chi connectivity index (χ4n) is 8.43. The third-order valence-electron chi connectivity index (χ3n) is 12.1. The van der Waals surface area contributed by atoms with E-state index >= 15 is 0 Å². The number of nitrogens with zero attached hydrogens (tertiary/aromatic N) is 2. The number of ketones is 1. The minimum atomic E-state index is -1.35. The van der Waals surface area contributed by atoms with Gasteiger partial charge in [0.2, 0.25) is 0 Å². The highest BCUT2D eigenvalue weighted by atomic mass is 16.7. The minimum Gasteiger partial charge on any atom is -0.462 e. The van der Waals surface area contributed by atoms with Crippen molar-refractivity contribution in [1.29, 1.82) is 0 Å². The Morgan fingerprint density at radius 1 is 0.857 bits per heavy atom. The van der Waals surface area contributed by atoms with Crippen molar-refractivity contribution in [3.05, 3.63) is 0 Å². The van der Waals surface area contributed by atoms with E-state index in [1.807, 2.05) is 6.92 Å². The summed E-state index contributed by atoms with van der Waals surface area (Å²) in [4.78, 5) is 29.1. The number of cyclic esters (lactones) is 1. The summed E-state index contributed by atoms with van der Waals surface area (Å²) in [5, 5.41) is 68.8. The number of carbonyl (C=O) groups excluding carboxylic acids is 2. The van der Waals surface area contributed by atoms with Crippen molar-refractivity contribution in [2.24, 2.45) is 34.7 Å². The van der Waals surface area contributed by atoms with E-state index in [9.17, 15) is 40.3 Å². The Labute approximate surface area is 331 Å². The van der Waals surface area contributed by atoms with Crippen LogP contribution in [0.5, 0.6) is 0 Å². The lowest BCUT2D eigenvalue weighted by Crippen LogP contribution is -2.63. The van der Waals surface area contributed by atoms with Crippen LogP contribution in [0.15, 0.2) is 5.16 Å². The van der Waals surface area contributed by atoms with E-state index in [1.165, 1.54) is 20.4 Å². The molecule has 326 valence electrons. The standard InChI is InChI=1S/C39H70N2O15/c1-11-28-25(18-52-39-37(51-10)36(50-9)33(47)23(6)54-39)31(45)19(2)12-13-26(42)20(3)16-24(14-15-40-49)35(21(4)27(43)17-29(44)55-28)56-38-34(48)30(41(7)8)32(46)22(5)53-38/h15,19-25,27-28,30-39,43,45-49H,11-14,16-18H2,1-10H3/b40-15-/t19?,20-,21+,22-,23-,24+,25-,27-,28-,30+,31-,32-,33-,34-,35-,36-,37-,38+,39-/m1/s1. The molecule has 6 N–H and O–H groups in total. The van der Waals surface area contributed by atoms with Gasteiger partial charge in [-0.05, 0) is 65.5 Å². The van der Waals surface area contributed by atoms with Gasteiger partial charge in [0.1, 0.15) is 36.3 Å². The number of Topliss-reactive ketones (excluding diaryl/α,β-unsaturated/α-hetero) is 1. The number of rotatable bonds is 11. The van der Waals surface area contributed by atoms with Crippen LogP contribution < -0.4 is 0 Å². The predicted octanol–water partition coefficient (Wildman–Crippen LogP) is 1.10. The fraction of sp³-hybridized carbons (Fsp3) is 0.923. The number of esters is 1. The normalized spacial score (nSPS) is 44.2.